The fraction of sp³-hybridized carbons (Fsp3) is 0.412. The molecule has 1 N–H and O–H groups in total. The van der Waals surface area contributed by atoms with Gasteiger partial charge in [0, 0.05) is 43.9 Å². The fourth-order valence-electron chi connectivity index (χ4n) is 2.70. The summed E-state index contributed by atoms with van der Waals surface area (Å²) >= 11 is 0. The number of anilines is 1. The van der Waals surface area contributed by atoms with Gasteiger partial charge in [0.1, 0.15) is 18.4 Å². The van der Waals surface area contributed by atoms with Crippen LogP contribution in [0.25, 0.3) is 0 Å². The number of carbonyl (C=O) groups is 1. The van der Waals surface area contributed by atoms with Crippen molar-refractivity contribution in [3.8, 4) is 5.75 Å². The standard InChI is InChI=1S/C17H20N4O4/c1-24-15-10-25-14(9-13(15)22)17(23)18-5-4-12-8-16(20-11-19-12)21-6-2-3-7-21/h8-11H,2-7H2,1H3,(H,18,23). The summed E-state index contributed by atoms with van der Waals surface area (Å²) in [7, 11) is 1.37. The van der Waals surface area contributed by atoms with Crippen molar-refractivity contribution in [2.75, 3.05) is 31.6 Å². The third kappa shape index (κ3) is 4.14. The molecule has 0 spiro atoms. The van der Waals surface area contributed by atoms with Gasteiger partial charge < -0.3 is 19.4 Å². The Balaban J connectivity index is 1.55. The number of rotatable bonds is 6. The lowest BCUT2D eigenvalue weighted by atomic mass is 10.2. The Morgan fingerprint density at radius 2 is 2.12 bits per heavy atom. The second-order valence-electron chi connectivity index (χ2n) is 5.74. The van der Waals surface area contributed by atoms with Crippen LogP contribution in [0.3, 0.4) is 0 Å². The lowest BCUT2D eigenvalue weighted by molar-refractivity contribution is 0.0923. The van der Waals surface area contributed by atoms with E-state index in [0.717, 1.165) is 36.9 Å². The molecule has 132 valence electrons. The summed E-state index contributed by atoms with van der Waals surface area (Å²) in [5, 5.41) is 2.71. The molecule has 1 aliphatic rings. The second-order valence-corrected chi connectivity index (χ2v) is 5.74. The normalized spacial score (nSPS) is 13.7. The first kappa shape index (κ1) is 16.9. The highest BCUT2D eigenvalue weighted by Crippen LogP contribution is 2.17. The van der Waals surface area contributed by atoms with E-state index in [-0.39, 0.29) is 11.5 Å². The third-order valence-electron chi connectivity index (χ3n) is 4.05. The molecule has 0 atom stereocenters. The van der Waals surface area contributed by atoms with Gasteiger partial charge in [-0.05, 0) is 12.8 Å². The van der Waals surface area contributed by atoms with Gasteiger partial charge in [0.25, 0.3) is 5.91 Å². The van der Waals surface area contributed by atoms with E-state index >= 15 is 0 Å². The lowest BCUT2D eigenvalue weighted by Crippen LogP contribution is -2.27. The van der Waals surface area contributed by atoms with Crippen molar-refractivity contribution in [2.45, 2.75) is 19.3 Å². The van der Waals surface area contributed by atoms with E-state index in [4.69, 9.17) is 9.15 Å². The number of amides is 1. The molecule has 8 heteroatoms. The number of methoxy groups -OCH3 is 1. The van der Waals surface area contributed by atoms with Crippen molar-refractivity contribution in [1.82, 2.24) is 15.3 Å². The van der Waals surface area contributed by atoms with Gasteiger partial charge in [-0.25, -0.2) is 9.97 Å². The topological polar surface area (TPSA) is 97.6 Å². The third-order valence-corrected chi connectivity index (χ3v) is 4.05. The first-order valence-electron chi connectivity index (χ1n) is 8.18. The molecule has 0 saturated carbocycles. The van der Waals surface area contributed by atoms with Crippen LogP contribution in [-0.4, -0.2) is 42.6 Å². The van der Waals surface area contributed by atoms with Gasteiger partial charge in [-0.1, -0.05) is 0 Å². The Morgan fingerprint density at radius 1 is 1.32 bits per heavy atom. The van der Waals surface area contributed by atoms with E-state index in [1.807, 2.05) is 6.07 Å². The number of nitrogens with zero attached hydrogens (tertiary/aromatic N) is 3. The van der Waals surface area contributed by atoms with Gasteiger partial charge >= 0.3 is 0 Å². The van der Waals surface area contributed by atoms with Gasteiger partial charge in [-0.15, -0.1) is 0 Å². The maximum atomic E-state index is 12.0. The van der Waals surface area contributed by atoms with Gasteiger partial charge in [0.05, 0.1) is 7.11 Å². The number of hydrogen-bond donors (Lipinski definition) is 1. The highest BCUT2D eigenvalue weighted by molar-refractivity contribution is 5.91. The molecule has 1 saturated heterocycles. The summed E-state index contributed by atoms with van der Waals surface area (Å²) in [6, 6.07) is 3.06. The smallest absolute Gasteiger partial charge is 0.287 e. The van der Waals surface area contributed by atoms with E-state index in [1.165, 1.54) is 20.0 Å². The van der Waals surface area contributed by atoms with Crippen LogP contribution in [0.15, 0.2) is 33.9 Å². The Bertz CT molecular complexity index is 799. The highest BCUT2D eigenvalue weighted by atomic mass is 16.5. The largest absolute Gasteiger partial charge is 0.490 e. The SMILES string of the molecule is COc1coc(C(=O)NCCc2cc(N3CCCC3)ncn2)cc1=O. The van der Waals surface area contributed by atoms with Gasteiger partial charge in [0.15, 0.2) is 5.76 Å². The molecule has 0 unspecified atom stereocenters. The first-order valence-corrected chi connectivity index (χ1v) is 8.18. The summed E-state index contributed by atoms with van der Waals surface area (Å²) in [6.45, 7) is 2.42. The zero-order valence-corrected chi connectivity index (χ0v) is 14.0. The fourth-order valence-corrected chi connectivity index (χ4v) is 2.70. The molecule has 3 rings (SSSR count). The lowest BCUT2D eigenvalue weighted by Gasteiger charge is -2.16. The second kappa shape index (κ2) is 7.78. The van der Waals surface area contributed by atoms with Crippen LogP contribution in [0.2, 0.25) is 0 Å². The summed E-state index contributed by atoms with van der Waals surface area (Å²) < 4.78 is 9.93. The van der Waals surface area contributed by atoms with Crippen LogP contribution in [0.1, 0.15) is 29.1 Å². The molecule has 0 aliphatic carbocycles. The number of nitrogens with one attached hydrogen (secondary N) is 1. The van der Waals surface area contributed by atoms with Crippen molar-refractivity contribution in [1.29, 1.82) is 0 Å². The zero-order valence-electron chi connectivity index (χ0n) is 14.0. The van der Waals surface area contributed by atoms with Gasteiger partial charge in [0.2, 0.25) is 11.2 Å². The number of ether oxygens (including phenoxy) is 1. The van der Waals surface area contributed by atoms with Gasteiger partial charge in [-0.3, -0.25) is 9.59 Å². The first-order chi connectivity index (χ1) is 12.2. The summed E-state index contributed by atoms with van der Waals surface area (Å²) in [5.74, 6) is 0.488. The van der Waals surface area contributed by atoms with Gasteiger partial charge in [-0.2, -0.15) is 0 Å². The minimum absolute atomic E-state index is 0.0498. The quantitative estimate of drug-likeness (QED) is 0.835. The monoisotopic (exact) mass is 344 g/mol. The highest BCUT2D eigenvalue weighted by Gasteiger charge is 2.14. The molecule has 0 radical (unpaired) electrons. The van der Waals surface area contributed by atoms with Crippen LogP contribution in [-0.2, 0) is 6.42 Å². The van der Waals surface area contributed by atoms with Crippen molar-refractivity contribution >= 4 is 11.7 Å². The Labute approximate surface area is 144 Å². The molecular formula is C17H20N4O4. The minimum Gasteiger partial charge on any atom is -0.490 e. The average Bonchev–Trinajstić information content (AvgIpc) is 3.16. The molecule has 3 heterocycles. The van der Waals surface area contributed by atoms with E-state index in [1.54, 1.807) is 6.33 Å². The maximum absolute atomic E-state index is 12.0. The Hall–Kier alpha value is -2.90. The number of hydrogen-bond acceptors (Lipinski definition) is 7. The summed E-state index contributed by atoms with van der Waals surface area (Å²) in [4.78, 5) is 34.5. The van der Waals surface area contributed by atoms with Crippen LogP contribution in [0, 0.1) is 0 Å². The predicted octanol–water partition coefficient (Wildman–Crippen LogP) is 1.01. The molecule has 1 amide bonds. The van der Waals surface area contributed by atoms with Crippen molar-refractivity contribution in [2.24, 2.45) is 0 Å². The zero-order chi connectivity index (χ0) is 17.6. The van der Waals surface area contributed by atoms with Crippen LogP contribution < -0.4 is 20.4 Å². The van der Waals surface area contributed by atoms with Crippen molar-refractivity contribution in [3.05, 3.63) is 46.4 Å². The molecule has 0 aromatic carbocycles. The van der Waals surface area contributed by atoms with Crippen LogP contribution in [0.4, 0.5) is 5.82 Å². The van der Waals surface area contributed by atoms with E-state index in [9.17, 15) is 9.59 Å². The summed E-state index contributed by atoms with van der Waals surface area (Å²) in [6.07, 6.45) is 5.61. The molecule has 25 heavy (non-hydrogen) atoms. The van der Waals surface area contributed by atoms with E-state index in [2.05, 4.69) is 20.2 Å². The Kier molecular flexibility index (Phi) is 5.27. The maximum Gasteiger partial charge on any atom is 0.287 e. The van der Waals surface area contributed by atoms with E-state index < -0.39 is 11.3 Å². The molecule has 0 bridgehead atoms. The molecule has 1 aliphatic heterocycles. The minimum atomic E-state index is -0.450. The number of aromatic nitrogens is 2. The van der Waals surface area contributed by atoms with E-state index in [0.29, 0.717) is 13.0 Å². The predicted molar refractivity (Wildman–Crippen MR) is 91.0 cm³/mol. The molecule has 2 aromatic heterocycles. The Morgan fingerprint density at radius 3 is 2.84 bits per heavy atom. The van der Waals surface area contributed by atoms with Crippen LogP contribution in [0.5, 0.6) is 5.75 Å². The molecule has 2 aromatic rings. The number of carbonyl (C=O) groups excluding carboxylic acids is 1. The van der Waals surface area contributed by atoms with Crippen LogP contribution >= 0.6 is 0 Å². The average molecular weight is 344 g/mol. The summed E-state index contributed by atoms with van der Waals surface area (Å²) in [5.41, 5.74) is 0.457. The molecular weight excluding hydrogens is 324 g/mol. The molecule has 1 fully saturated rings. The molecule has 8 nitrogen and oxygen atoms in total. The van der Waals surface area contributed by atoms with Crippen molar-refractivity contribution < 1.29 is 13.9 Å². The van der Waals surface area contributed by atoms with Crippen molar-refractivity contribution in [3.63, 3.8) is 0 Å².